The first-order valence-corrected chi connectivity index (χ1v) is 23.7. The Morgan fingerprint density at radius 1 is 0.437 bits per heavy atom. The summed E-state index contributed by atoms with van der Waals surface area (Å²) in [4.78, 5) is 31.0. The van der Waals surface area contributed by atoms with Gasteiger partial charge in [-0.05, 0) is 119 Å². The number of rotatable bonds is 5. The zero-order chi connectivity index (χ0) is 47.1. The lowest BCUT2D eigenvalue weighted by Gasteiger charge is -2.06. The molecule has 14 rings (SSSR count). The molecule has 0 bridgehead atoms. The summed E-state index contributed by atoms with van der Waals surface area (Å²) in [6.45, 7) is 0. The molecule has 6 aliphatic rings. The van der Waals surface area contributed by atoms with Gasteiger partial charge in [0.05, 0.1) is 39.5 Å². The van der Waals surface area contributed by atoms with Gasteiger partial charge in [-0.2, -0.15) is 4.39 Å². The minimum absolute atomic E-state index is 0. The zero-order valence-corrected chi connectivity index (χ0v) is 39.2. The van der Waals surface area contributed by atoms with Crippen LogP contribution in [0.2, 0.25) is 0 Å². The zero-order valence-electron chi connectivity index (χ0n) is 37.6. The Kier molecular flexibility index (Phi) is 11.9. The molecule has 8 nitrogen and oxygen atoms in total. The summed E-state index contributed by atoms with van der Waals surface area (Å²) in [5, 5.41) is 5.20. The van der Waals surface area contributed by atoms with Crippen LogP contribution in [0.4, 0.5) is 4.39 Å². The Morgan fingerprint density at radius 2 is 0.859 bits per heavy atom. The molecule has 0 spiro atoms. The van der Waals surface area contributed by atoms with E-state index in [1.54, 1.807) is 39.8 Å². The minimum Gasteiger partial charge on any atom is -0.497 e. The second-order valence-corrected chi connectivity index (χ2v) is 18.8. The second kappa shape index (κ2) is 18.2. The predicted octanol–water partition coefficient (Wildman–Crippen LogP) is 16.0. The number of aromatic nitrogens is 2. The van der Waals surface area contributed by atoms with Crippen LogP contribution in [0.15, 0.2) is 158 Å². The maximum Gasteiger partial charge on any atom is 0.195 e. The van der Waals surface area contributed by atoms with E-state index in [1.807, 2.05) is 115 Å². The van der Waals surface area contributed by atoms with Crippen molar-refractivity contribution in [2.24, 2.45) is 0 Å². The summed E-state index contributed by atoms with van der Waals surface area (Å²) >= 11 is 2.72. The van der Waals surface area contributed by atoms with Gasteiger partial charge in [0.2, 0.25) is 0 Å². The van der Waals surface area contributed by atoms with Crippen molar-refractivity contribution in [3.63, 3.8) is 0 Å². The number of fused-ring (bicyclic) bond motifs is 16. The molecule has 71 heavy (non-hydrogen) atoms. The number of ether oxygens (including phenoxy) is 4. The maximum absolute atomic E-state index is 13.5. The summed E-state index contributed by atoms with van der Waals surface area (Å²) in [6, 6.07) is 51.6. The minimum atomic E-state index is -0.296. The molecule has 0 aliphatic heterocycles. The van der Waals surface area contributed by atoms with Crippen molar-refractivity contribution in [1.82, 2.24) is 9.55 Å². The molecule has 0 amide bonds. The molecule has 0 saturated heterocycles. The number of halogens is 1. The topological polar surface area (TPSA) is 91.8 Å². The number of methoxy groups -OCH3 is 4. The van der Waals surface area contributed by atoms with Gasteiger partial charge >= 0.3 is 0 Å². The number of carbonyl (C=O) groups excluding carboxylic acids is 2. The van der Waals surface area contributed by atoms with Crippen molar-refractivity contribution >= 4 is 77.9 Å². The normalized spacial score (nSPS) is 11.8. The summed E-state index contributed by atoms with van der Waals surface area (Å²) in [7, 11) is 6.71. The highest BCUT2D eigenvalue weighted by molar-refractivity contribution is 7.18. The summed E-state index contributed by atoms with van der Waals surface area (Å²) in [5.74, 6) is 3.39. The van der Waals surface area contributed by atoms with E-state index in [1.165, 1.54) is 6.07 Å². The van der Waals surface area contributed by atoms with E-state index in [4.69, 9.17) is 18.9 Å². The molecule has 0 unspecified atom stereocenters. The molecule has 0 atom stereocenters. The van der Waals surface area contributed by atoms with E-state index in [9.17, 15) is 14.0 Å². The van der Waals surface area contributed by atoms with Crippen LogP contribution in [0.5, 0.6) is 23.0 Å². The predicted molar refractivity (Wildman–Crippen MR) is 289 cm³/mol. The number of nitrogens with zero attached hydrogens (tertiary/aromatic N) is 1. The Hall–Kier alpha value is -8.25. The Balaban J connectivity index is 0.000000133. The van der Waals surface area contributed by atoms with E-state index in [-0.39, 0.29) is 31.6 Å². The van der Waals surface area contributed by atoms with Crippen LogP contribution in [-0.2, 0) is 0 Å². The molecular weight excluding hydrogens is 928 g/mol. The fourth-order valence-corrected chi connectivity index (χ4v) is 12.0. The number of ketones is 2. The summed E-state index contributed by atoms with van der Waals surface area (Å²) in [6.07, 6.45) is 0. The van der Waals surface area contributed by atoms with Gasteiger partial charge in [-0.25, -0.2) is 0 Å². The molecule has 0 radical (unpaired) electrons. The van der Waals surface area contributed by atoms with Gasteiger partial charge < -0.3 is 28.5 Å². The SMILES string of the molecule is C.C.COc1ccc2[nH]c3ccc(OC)cc3c2c1.COc1ccc2c(c1)c1cc(OC)ccc1n2-c1cc2c(s1)-c1cc3cccccc-3c1C2=O.O=C1c2cc(F)sc2-c2cc3cccccc-3c21. The molecule has 0 saturated carbocycles. The summed E-state index contributed by atoms with van der Waals surface area (Å²) < 4.78 is 37.0. The van der Waals surface area contributed by atoms with E-state index in [2.05, 4.69) is 45.9 Å². The first-order valence-electron chi connectivity index (χ1n) is 22.1. The van der Waals surface area contributed by atoms with Gasteiger partial charge in [0.1, 0.15) is 28.0 Å². The van der Waals surface area contributed by atoms with E-state index in [0.717, 1.165) is 143 Å². The lowest BCUT2D eigenvalue weighted by Crippen LogP contribution is -1.96. The van der Waals surface area contributed by atoms with Crippen LogP contribution in [0, 0.1) is 5.13 Å². The monoisotopic (exact) mass is 974 g/mol. The first kappa shape index (κ1) is 46.5. The quantitative estimate of drug-likeness (QED) is 0.185. The van der Waals surface area contributed by atoms with Gasteiger partial charge in [-0.1, -0.05) is 75.5 Å². The molecule has 4 aromatic carbocycles. The number of hydrogen-bond acceptors (Lipinski definition) is 8. The number of thiophene rings is 2. The van der Waals surface area contributed by atoms with Gasteiger partial charge in [0.15, 0.2) is 16.7 Å². The molecule has 352 valence electrons. The van der Waals surface area contributed by atoms with Crippen molar-refractivity contribution in [1.29, 1.82) is 0 Å². The van der Waals surface area contributed by atoms with E-state index >= 15 is 0 Å². The Labute approximate surface area is 417 Å². The van der Waals surface area contributed by atoms with Gasteiger partial charge in [-0.15, -0.1) is 22.7 Å². The molecule has 8 aromatic rings. The molecule has 1 N–H and O–H groups in total. The highest BCUT2D eigenvalue weighted by Crippen LogP contribution is 2.51. The maximum atomic E-state index is 13.5. The number of hydrogen-bond donors (Lipinski definition) is 1. The smallest absolute Gasteiger partial charge is 0.195 e. The molecule has 4 heterocycles. The largest absolute Gasteiger partial charge is 0.497 e. The van der Waals surface area contributed by atoms with Gasteiger partial charge in [0.25, 0.3) is 0 Å². The molecular formula is C60H47FN2O6S2. The van der Waals surface area contributed by atoms with Gasteiger partial charge in [0, 0.05) is 75.7 Å². The second-order valence-electron chi connectivity index (χ2n) is 16.8. The average Bonchev–Trinajstić information content (AvgIpc) is 4.25. The average molecular weight is 975 g/mol. The highest BCUT2D eigenvalue weighted by Gasteiger charge is 2.36. The number of carbonyl (C=O) groups is 2. The van der Waals surface area contributed by atoms with Gasteiger partial charge in [-0.3, -0.25) is 9.59 Å². The lowest BCUT2D eigenvalue weighted by molar-refractivity contribution is 0.103. The molecule has 6 aliphatic carbocycles. The van der Waals surface area contributed by atoms with Crippen LogP contribution in [0.25, 0.3) is 91.7 Å². The van der Waals surface area contributed by atoms with Crippen LogP contribution >= 0.6 is 22.7 Å². The molecule has 4 aromatic heterocycles. The van der Waals surface area contributed by atoms with E-state index in [0.29, 0.717) is 5.56 Å². The van der Waals surface area contributed by atoms with Crippen molar-refractivity contribution in [2.45, 2.75) is 14.9 Å². The van der Waals surface area contributed by atoms with Crippen LogP contribution < -0.4 is 18.9 Å². The first-order chi connectivity index (χ1) is 33.7. The third-order valence-corrected chi connectivity index (χ3v) is 15.2. The van der Waals surface area contributed by atoms with Crippen molar-refractivity contribution in [2.75, 3.05) is 28.4 Å². The van der Waals surface area contributed by atoms with Crippen LogP contribution in [0.1, 0.15) is 46.7 Å². The van der Waals surface area contributed by atoms with Crippen molar-refractivity contribution in [3.8, 4) is 71.1 Å². The number of H-pyrrole nitrogens is 1. The van der Waals surface area contributed by atoms with Crippen LogP contribution in [-0.4, -0.2) is 49.6 Å². The summed E-state index contributed by atoms with van der Waals surface area (Å²) in [5.41, 5.74) is 13.2. The lowest BCUT2D eigenvalue weighted by atomic mass is 10.1. The molecule has 0 fully saturated rings. The van der Waals surface area contributed by atoms with E-state index < -0.39 is 0 Å². The van der Waals surface area contributed by atoms with Crippen molar-refractivity contribution in [3.05, 3.63) is 185 Å². The van der Waals surface area contributed by atoms with Crippen LogP contribution in [0.3, 0.4) is 0 Å². The third kappa shape index (κ3) is 7.47. The highest BCUT2D eigenvalue weighted by atomic mass is 32.1. The number of nitrogens with one attached hydrogen (secondary N) is 1. The number of aromatic amines is 1. The fraction of sp³-hybridized carbons (Fsp3) is 0.100. The third-order valence-electron chi connectivity index (χ3n) is 13.1. The molecule has 11 heteroatoms. The number of benzene rings is 4. The fourth-order valence-electron chi connectivity index (χ4n) is 9.86. The van der Waals surface area contributed by atoms with Crippen molar-refractivity contribution < 1.29 is 32.9 Å². The Morgan fingerprint density at radius 3 is 1.34 bits per heavy atom. The standard InChI is InChI=1S/C29H19NO3S.C15H7FOS.C14H13NO2.2CH4/c1-32-17-8-10-24-20(13-17)21-14-18(33-2)9-11-25(21)30(24)26-15-23-28(31)27-19-7-5-3-4-6-16(19)12-22(27)29(23)34-26;16-12-7-11-14(17)13-9-5-3-1-2-4-8(9)6-10(13)15(11)18-12;1-16-9-3-5-13-11(7-9)12-8-10(17-2)4-6-14(12)15-13;;/h3-15H,1-2H3;1-7H;3-8,15H,1-2H3;2*1H4. The Bertz CT molecular complexity index is 3870.